The summed E-state index contributed by atoms with van der Waals surface area (Å²) in [6.45, 7) is 2.10. The predicted octanol–water partition coefficient (Wildman–Crippen LogP) is 2.74. The lowest BCUT2D eigenvalue weighted by Gasteiger charge is -2.09. The second-order valence-electron chi connectivity index (χ2n) is 5.07. The number of ether oxygens (including phenoxy) is 1. The molecule has 23 heavy (non-hydrogen) atoms. The van der Waals surface area contributed by atoms with Crippen LogP contribution in [0, 0.1) is 0 Å². The van der Waals surface area contributed by atoms with Crippen LogP contribution in [0.1, 0.15) is 6.92 Å². The molecule has 6 heteroatoms. The Labute approximate surface area is 137 Å². The summed E-state index contributed by atoms with van der Waals surface area (Å²) in [5.41, 5.74) is 0.519. The maximum Gasteiger partial charge on any atom is 0.316 e. The molecule has 0 saturated carbocycles. The molecule has 0 aliphatic heterocycles. The average Bonchev–Trinajstić information content (AvgIpc) is 2.56. The summed E-state index contributed by atoms with van der Waals surface area (Å²) in [6, 6.07) is 11.6. The molecular weight excluding hydrogens is 312 g/mol. The number of carbonyl (C=O) groups excluding carboxylic acids is 1. The van der Waals surface area contributed by atoms with Crippen LogP contribution in [0.5, 0.6) is 0 Å². The van der Waals surface area contributed by atoms with Gasteiger partial charge >= 0.3 is 5.97 Å². The molecule has 2 aromatic carbocycles. The first-order valence-electron chi connectivity index (χ1n) is 7.28. The standard InChI is InChI=1S/C17H16N2O3S/c1-3-22-15(20)10-23-17-18-14-9-12-7-5-4-6-11(12)8-13(14)16(21)19(17)2/h4-9H,3,10H2,1-2H3. The van der Waals surface area contributed by atoms with Crippen LogP contribution in [0.2, 0.25) is 0 Å². The van der Waals surface area contributed by atoms with Crippen LogP contribution in [0.3, 0.4) is 0 Å². The molecule has 0 N–H and O–H groups in total. The van der Waals surface area contributed by atoms with Crippen LogP contribution >= 0.6 is 11.8 Å². The minimum Gasteiger partial charge on any atom is -0.465 e. The van der Waals surface area contributed by atoms with E-state index in [0.29, 0.717) is 22.7 Å². The monoisotopic (exact) mass is 328 g/mol. The van der Waals surface area contributed by atoms with Crippen molar-refractivity contribution in [3.63, 3.8) is 0 Å². The Morgan fingerprint density at radius 2 is 1.96 bits per heavy atom. The number of nitrogens with zero attached hydrogens (tertiary/aromatic N) is 2. The minimum atomic E-state index is -0.314. The van der Waals surface area contributed by atoms with E-state index in [-0.39, 0.29) is 17.3 Å². The van der Waals surface area contributed by atoms with Gasteiger partial charge in [-0.05, 0) is 29.8 Å². The van der Waals surface area contributed by atoms with E-state index in [0.717, 1.165) is 10.8 Å². The van der Waals surface area contributed by atoms with Crippen molar-refractivity contribution < 1.29 is 9.53 Å². The fourth-order valence-corrected chi connectivity index (χ4v) is 3.16. The van der Waals surface area contributed by atoms with E-state index >= 15 is 0 Å². The zero-order chi connectivity index (χ0) is 16.4. The molecule has 0 amide bonds. The molecule has 0 fully saturated rings. The summed E-state index contributed by atoms with van der Waals surface area (Å²) in [7, 11) is 1.66. The number of hydrogen-bond donors (Lipinski definition) is 0. The van der Waals surface area contributed by atoms with Crippen molar-refractivity contribution in [2.24, 2.45) is 7.05 Å². The summed E-state index contributed by atoms with van der Waals surface area (Å²) in [6.07, 6.45) is 0. The molecule has 3 aromatic rings. The SMILES string of the molecule is CCOC(=O)CSc1nc2cc3ccccc3cc2c(=O)n1C. The van der Waals surface area contributed by atoms with E-state index in [2.05, 4.69) is 4.98 Å². The van der Waals surface area contributed by atoms with Gasteiger partial charge in [0.05, 0.1) is 23.3 Å². The molecule has 0 unspecified atom stereocenters. The number of aromatic nitrogens is 2. The van der Waals surface area contributed by atoms with Gasteiger partial charge in [-0.25, -0.2) is 4.98 Å². The highest BCUT2D eigenvalue weighted by atomic mass is 32.2. The largest absolute Gasteiger partial charge is 0.465 e. The summed E-state index contributed by atoms with van der Waals surface area (Å²) in [5, 5.41) is 3.12. The number of benzene rings is 2. The molecule has 3 rings (SSSR count). The first kappa shape index (κ1) is 15.6. The molecule has 5 nitrogen and oxygen atoms in total. The third-order valence-electron chi connectivity index (χ3n) is 3.53. The average molecular weight is 328 g/mol. The lowest BCUT2D eigenvalue weighted by molar-refractivity contribution is -0.139. The lowest BCUT2D eigenvalue weighted by Crippen LogP contribution is -2.20. The van der Waals surface area contributed by atoms with Crippen LogP contribution in [0.25, 0.3) is 21.7 Å². The third kappa shape index (κ3) is 3.07. The van der Waals surface area contributed by atoms with Crippen molar-refractivity contribution in [1.82, 2.24) is 9.55 Å². The van der Waals surface area contributed by atoms with Crippen molar-refractivity contribution in [3.05, 3.63) is 46.8 Å². The molecule has 0 radical (unpaired) electrons. The van der Waals surface area contributed by atoms with Crippen LogP contribution in [-0.2, 0) is 16.6 Å². The van der Waals surface area contributed by atoms with Crippen LogP contribution < -0.4 is 5.56 Å². The van der Waals surface area contributed by atoms with Gasteiger partial charge in [-0.2, -0.15) is 0 Å². The molecule has 0 bridgehead atoms. The van der Waals surface area contributed by atoms with E-state index in [1.807, 2.05) is 36.4 Å². The van der Waals surface area contributed by atoms with E-state index in [1.54, 1.807) is 14.0 Å². The smallest absolute Gasteiger partial charge is 0.316 e. The Balaban J connectivity index is 2.06. The molecule has 0 spiro atoms. The van der Waals surface area contributed by atoms with Gasteiger partial charge in [0.15, 0.2) is 5.16 Å². The number of carbonyl (C=O) groups is 1. The summed E-state index contributed by atoms with van der Waals surface area (Å²) in [4.78, 5) is 28.6. The molecule has 1 heterocycles. The van der Waals surface area contributed by atoms with Gasteiger partial charge in [-0.3, -0.25) is 14.2 Å². The van der Waals surface area contributed by atoms with E-state index in [1.165, 1.54) is 16.3 Å². The third-order valence-corrected chi connectivity index (χ3v) is 4.53. The zero-order valence-electron chi connectivity index (χ0n) is 12.9. The molecule has 0 atom stereocenters. The maximum absolute atomic E-state index is 12.6. The number of esters is 1. The van der Waals surface area contributed by atoms with Crippen LogP contribution in [0.15, 0.2) is 46.3 Å². The first-order valence-corrected chi connectivity index (χ1v) is 8.26. The van der Waals surface area contributed by atoms with Crippen molar-refractivity contribution in [2.45, 2.75) is 12.1 Å². The lowest BCUT2D eigenvalue weighted by atomic mass is 10.1. The summed E-state index contributed by atoms with van der Waals surface area (Å²) in [5.74, 6) is -0.182. The molecular formula is C17H16N2O3S. The quantitative estimate of drug-likeness (QED) is 0.319. The normalized spacial score (nSPS) is 11.0. The Bertz CT molecular complexity index is 950. The Morgan fingerprint density at radius 3 is 2.65 bits per heavy atom. The summed E-state index contributed by atoms with van der Waals surface area (Å²) >= 11 is 1.21. The number of fused-ring (bicyclic) bond motifs is 2. The van der Waals surface area contributed by atoms with E-state index < -0.39 is 0 Å². The first-order chi connectivity index (χ1) is 11.1. The van der Waals surface area contributed by atoms with Crippen molar-refractivity contribution in [2.75, 3.05) is 12.4 Å². The van der Waals surface area contributed by atoms with Crippen LogP contribution in [0.4, 0.5) is 0 Å². The Kier molecular flexibility index (Phi) is 4.34. The Hall–Kier alpha value is -2.34. The molecule has 0 aliphatic carbocycles. The highest BCUT2D eigenvalue weighted by Gasteiger charge is 2.12. The summed E-state index contributed by atoms with van der Waals surface area (Å²) < 4.78 is 6.38. The highest BCUT2D eigenvalue weighted by Crippen LogP contribution is 2.22. The fraction of sp³-hybridized carbons (Fsp3) is 0.235. The van der Waals surface area contributed by atoms with Crippen molar-refractivity contribution in [1.29, 1.82) is 0 Å². The minimum absolute atomic E-state index is 0.118. The van der Waals surface area contributed by atoms with Gasteiger partial charge in [0.2, 0.25) is 0 Å². The van der Waals surface area contributed by atoms with Gasteiger partial charge in [-0.1, -0.05) is 36.0 Å². The number of rotatable bonds is 4. The van der Waals surface area contributed by atoms with Gasteiger partial charge in [0.1, 0.15) is 0 Å². The van der Waals surface area contributed by atoms with Gasteiger partial charge < -0.3 is 4.74 Å². The topological polar surface area (TPSA) is 61.2 Å². The zero-order valence-corrected chi connectivity index (χ0v) is 13.7. The predicted molar refractivity (Wildman–Crippen MR) is 91.8 cm³/mol. The molecule has 1 aromatic heterocycles. The van der Waals surface area contributed by atoms with Crippen molar-refractivity contribution in [3.8, 4) is 0 Å². The molecule has 0 saturated heterocycles. The highest BCUT2D eigenvalue weighted by molar-refractivity contribution is 7.99. The van der Waals surface area contributed by atoms with E-state index in [4.69, 9.17) is 4.74 Å². The van der Waals surface area contributed by atoms with Gasteiger partial charge in [0.25, 0.3) is 5.56 Å². The molecule has 118 valence electrons. The second-order valence-corrected chi connectivity index (χ2v) is 6.01. The number of thioether (sulfide) groups is 1. The van der Waals surface area contributed by atoms with Crippen molar-refractivity contribution >= 4 is 39.4 Å². The maximum atomic E-state index is 12.6. The van der Waals surface area contributed by atoms with Gasteiger partial charge in [-0.15, -0.1) is 0 Å². The van der Waals surface area contributed by atoms with Gasteiger partial charge in [0, 0.05) is 7.05 Å². The van der Waals surface area contributed by atoms with Crippen LogP contribution in [-0.4, -0.2) is 27.9 Å². The Morgan fingerprint density at radius 1 is 1.26 bits per heavy atom. The van der Waals surface area contributed by atoms with E-state index in [9.17, 15) is 9.59 Å². The molecule has 0 aliphatic rings. The second kappa shape index (κ2) is 6.42. The fourth-order valence-electron chi connectivity index (χ4n) is 2.39. The number of hydrogen-bond acceptors (Lipinski definition) is 5.